The van der Waals surface area contributed by atoms with Gasteiger partial charge in [0, 0.05) is 37.2 Å². The van der Waals surface area contributed by atoms with Gasteiger partial charge in [-0.1, -0.05) is 41.4 Å². The first-order valence-electron chi connectivity index (χ1n) is 11.4. The minimum atomic E-state index is -3.99. The number of amides is 1. The Bertz CT molecular complexity index is 1550. The number of halogens is 3. The number of hydrogen-bond acceptors (Lipinski definition) is 4. The molecule has 0 aliphatic carbocycles. The van der Waals surface area contributed by atoms with Gasteiger partial charge in [-0.3, -0.25) is 9.78 Å². The Morgan fingerprint density at radius 2 is 1.50 bits per heavy atom. The van der Waals surface area contributed by atoms with Crippen molar-refractivity contribution in [2.75, 3.05) is 5.32 Å². The van der Waals surface area contributed by atoms with Crippen molar-refractivity contribution in [3.63, 3.8) is 0 Å². The van der Waals surface area contributed by atoms with Gasteiger partial charge in [0.05, 0.1) is 14.9 Å². The maximum absolute atomic E-state index is 13.6. The summed E-state index contributed by atoms with van der Waals surface area (Å²) in [6.07, 6.45) is 6.27. The molecule has 1 aromatic heterocycles. The van der Waals surface area contributed by atoms with Gasteiger partial charge in [0.25, 0.3) is 0 Å². The minimum Gasteiger partial charge on any atom is -0.323 e. The summed E-state index contributed by atoms with van der Waals surface area (Å²) in [6, 6.07) is 19.9. The summed E-state index contributed by atoms with van der Waals surface area (Å²) in [6.45, 7) is 0.00995. The molecule has 1 amide bonds. The highest BCUT2D eigenvalue weighted by atomic mass is 35.5. The highest BCUT2D eigenvalue weighted by Gasteiger charge is 2.25. The van der Waals surface area contributed by atoms with Crippen LogP contribution in [0, 0.1) is 5.82 Å². The van der Waals surface area contributed by atoms with Gasteiger partial charge in [0.2, 0.25) is 15.9 Å². The smallest absolute Gasteiger partial charge is 0.248 e. The molecule has 0 aliphatic heterocycles. The van der Waals surface area contributed by atoms with E-state index in [4.69, 9.17) is 23.2 Å². The van der Waals surface area contributed by atoms with Crippen LogP contribution >= 0.6 is 23.2 Å². The van der Waals surface area contributed by atoms with Crippen molar-refractivity contribution in [1.29, 1.82) is 0 Å². The summed E-state index contributed by atoms with van der Waals surface area (Å²) in [5, 5.41) is 3.37. The number of anilines is 1. The molecule has 38 heavy (non-hydrogen) atoms. The predicted octanol–water partition coefficient (Wildman–Crippen LogP) is 6.57. The van der Waals surface area contributed by atoms with Gasteiger partial charge in [-0.2, -0.15) is 4.31 Å². The third-order valence-corrected chi connectivity index (χ3v) is 8.05. The van der Waals surface area contributed by atoms with Crippen molar-refractivity contribution in [3.05, 3.63) is 130 Å². The van der Waals surface area contributed by atoms with Crippen LogP contribution in [0.15, 0.2) is 102 Å². The highest BCUT2D eigenvalue weighted by Crippen LogP contribution is 2.27. The lowest BCUT2D eigenvalue weighted by atomic mass is 10.2. The molecular weight excluding hydrogens is 548 g/mol. The molecule has 0 atom stereocenters. The molecule has 0 fully saturated rings. The lowest BCUT2D eigenvalue weighted by molar-refractivity contribution is -0.111. The van der Waals surface area contributed by atoms with Crippen LogP contribution in [0.1, 0.15) is 16.7 Å². The van der Waals surface area contributed by atoms with E-state index in [1.54, 1.807) is 48.8 Å². The van der Waals surface area contributed by atoms with E-state index in [1.165, 1.54) is 58.9 Å². The number of nitrogens with zero attached hydrogens (tertiary/aromatic N) is 2. The Morgan fingerprint density at radius 3 is 2.16 bits per heavy atom. The maximum Gasteiger partial charge on any atom is 0.248 e. The van der Waals surface area contributed by atoms with Gasteiger partial charge < -0.3 is 5.32 Å². The summed E-state index contributed by atoms with van der Waals surface area (Å²) in [5.41, 5.74) is 2.50. The third-order valence-electron chi connectivity index (χ3n) is 5.51. The van der Waals surface area contributed by atoms with Crippen molar-refractivity contribution in [2.24, 2.45) is 0 Å². The van der Waals surface area contributed by atoms with E-state index in [1.807, 2.05) is 0 Å². The fourth-order valence-corrected chi connectivity index (χ4v) is 5.29. The van der Waals surface area contributed by atoms with E-state index in [0.29, 0.717) is 26.9 Å². The topological polar surface area (TPSA) is 79.4 Å². The molecule has 0 aliphatic rings. The number of sulfonamides is 1. The summed E-state index contributed by atoms with van der Waals surface area (Å²) < 4.78 is 42.0. The van der Waals surface area contributed by atoms with Gasteiger partial charge in [-0.15, -0.1) is 0 Å². The van der Waals surface area contributed by atoms with Crippen molar-refractivity contribution < 1.29 is 17.6 Å². The molecule has 0 saturated carbocycles. The first-order valence-corrected chi connectivity index (χ1v) is 13.6. The zero-order chi connectivity index (χ0) is 27.1. The van der Waals surface area contributed by atoms with Gasteiger partial charge >= 0.3 is 0 Å². The van der Waals surface area contributed by atoms with Gasteiger partial charge in [-0.25, -0.2) is 12.8 Å². The first kappa shape index (κ1) is 27.5. The number of carbonyl (C=O) groups is 1. The highest BCUT2D eigenvalue weighted by molar-refractivity contribution is 7.89. The lowest BCUT2D eigenvalue weighted by Crippen LogP contribution is -2.30. The third kappa shape index (κ3) is 7.26. The number of rotatable bonds is 9. The number of carbonyl (C=O) groups excluding carboxylic acids is 1. The molecule has 6 nitrogen and oxygen atoms in total. The zero-order valence-corrected chi connectivity index (χ0v) is 22.2. The Balaban J connectivity index is 1.54. The van der Waals surface area contributed by atoms with Crippen LogP contribution in [0.25, 0.3) is 6.08 Å². The minimum absolute atomic E-state index is 0.00114. The van der Waals surface area contributed by atoms with Crippen molar-refractivity contribution >= 4 is 50.9 Å². The fraction of sp³-hybridized carbons (Fsp3) is 0.0714. The molecule has 0 saturated heterocycles. The lowest BCUT2D eigenvalue weighted by Gasteiger charge is -2.23. The molecule has 1 N–H and O–H groups in total. The first-order chi connectivity index (χ1) is 18.2. The maximum atomic E-state index is 13.6. The summed E-state index contributed by atoms with van der Waals surface area (Å²) in [5.74, 6) is -0.782. The number of aromatic nitrogens is 1. The average molecular weight is 570 g/mol. The molecule has 0 radical (unpaired) electrons. The second-order valence-electron chi connectivity index (χ2n) is 8.28. The molecule has 0 bridgehead atoms. The van der Waals surface area contributed by atoms with E-state index in [-0.39, 0.29) is 23.9 Å². The molecule has 4 aromatic rings. The van der Waals surface area contributed by atoms with Crippen molar-refractivity contribution in [3.8, 4) is 0 Å². The molecular formula is C28H22Cl2FN3O3S. The summed E-state index contributed by atoms with van der Waals surface area (Å²) in [7, 11) is -3.99. The fourth-order valence-electron chi connectivity index (χ4n) is 3.55. The number of hydrogen-bond donors (Lipinski definition) is 1. The molecule has 1 heterocycles. The standard InChI is InChI=1S/C28H22Cl2FN3O3S/c29-26-11-3-22(17-27(26)30)19-34(18-21-1-5-23(31)6-2-21)38(36,37)25-9-7-24(8-10-25)33-28(35)12-4-20-13-15-32-16-14-20/h1-17H,18-19H2,(H,33,35)/b12-4+. The van der Waals surface area contributed by atoms with Crippen LogP contribution in [-0.4, -0.2) is 23.6 Å². The monoisotopic (exact) mass is 569 g/mol. The molecule has 0 spiro atoms. The Kier molecular flexibility index (Phi) is 8.91. The molecule has 0 unspecified atom stereocenters. The van der Waals surface area contributed by atoms with E-state index >= 15 is 0 Å². The second-order valence-corrected chi connectivity index (χ2v) is 11.0. The van der Waals surface area contributed by atoms with Gasteiger partial charge in [0.1, 0.15) is 5.82 Å². The zero-order valence-electron chi connectivity index (χ0n) is 19.9. The van der Waals surface area contributed by atoms with Crippen LogP contribution in [-0.2, 0) is 27.9 Å². The average Bonchev–Trinajstić information content (AvgIpc) is 2.91. The van der Waals surface area contributed by atoms with Crippen LogP contribution in [0.3, 0.4) is 0 Å². The van der Waals surface area contributed by atoms with E-state index < -0.39 is 15.8 Å². The van der Waals surface area contributed by atoms with Crippen molar-refractivity contribution in [2.45, 2.75) is 18.0 Å². The van der Waals surface area contributed by atoms with Crippen LogP contribution in [0.5, 0.6) is 0 Å². The summed E-state index contributed by atoms with van der Waals surface area (Å²) in [4.78, 5) is 16.2. The predicted molar refractivity (Wildman–Crippen MR) is 148 cm³/mol. The second kappa shape index (κ2) is 12.3. The molecule has 3 aromatic carbocycles. The van der Waals surface area contributed by atoms with Crippen LogP contribution in [0.4, 0.5) is 10.1 Å². The Labute approximate surface area is 230 Å². The summed E-state index contributed by atoms with van der Waals surface area (Å²) >= 11 is 12.2. The van der Waals surface area contributed by atoms with Crippen LogP contribution < -0.4 is 5.32 Å². The quantitative estimate of drug-likeness (QED) is 0.231. The largest absolute Gasteiger partial charge is 0.323 e. The van der Waals surface area contributed by atoms with Crippen molar-refractivity contribution in [1.82, 2.24) is 9.29 Å². The van der Waals surface area contributed by atoms with Crippen LogP contribution in [0.2, 0.25) is 10.0 Å². The molecule has 10 heteroatoms. The van der Waals surface area contributed by atoms with Gasteiger partial charge in [0.15, 0.2) is 0 Å². The Morgan fingerprint density at radius 1 is 0.868 bits per heavy atom. The Hall–Kier alpha value is -3.56. The SMILES string of the molecule is O=C(/C=C/c1ccncc1)Nc1ccc(S(=O)(=O)N(Cc2ccc(F)cc2)Cc2ccc(Cl)c(Cl)c2)cc1. The molecule has 4 rings (SSSR count). The van der Waals surface area contributed by atoms with E-state index in [2.05, 4.69) is 10.3 Å². The number of benzene rings is 3. The normalized spacial score (nSPS) is 11.7. The molecule has 194 valence electrons. The van der Waals surface area contributed by atoms with Gasteiger partial charge in [-0.05, 0) is 83.4 Å². The number of pyridine rings is 1. The van der Waals surface area contributed by atoms with E-state index in [9.17, 15) is 17.6 Å². The number of nitrogens with one attached hydrogen (secondary N) is 1. The van der Waals surface area contributed by atoms with E-state index in [0.717, 1.165) is 5.56 Å².